The summed E-state index contributed by atoms with van der Waals surface area (Å²) >= 11 is 0. The van der Waals surface area contributed by atoms with Gasteiger partial charge >= 0.3 is 5.97 Å². The van der Waals surface area contributed by atoms with Gasteiger partial charge in [0.05, 0.1) is 12.2 Å². The second-order valence-electron chi connectivity index (χ2n) is 4.76. The van der Waals surface area contributed by atoms with Crippen molar-refractivity contribution in [3.63, 3.8) is 0 Å². The minimum Gasteiger partial charge on any atom is -0.480 e. The number of hydrogen-bond donors (Lipinski definition) is 2. The number of nitrogens with zero attached hydrogens (tertiary/aromatic N) is 1. The number of nitrogens with one attached hydrogen (secondary N) is 1. The predicted octanol–water partition coefficient (Wildman–Crippen LogP) is 1.44. The molecule has 0 fully saturated rings. The van der Waals surface area contributed by atoms with E-state index in [0.29, 0.717) is 24.1 Å². The molecule has 0 spiro atoms. The molecular weight excluding hydrogens is 291 g/mol. The highest BCUT2D eigenvalue weighted by Crippen LogP contribution is 2.21. The molecule has 0 saturated heterocycles. The first-order valence-corrected chi connectivity index (χ1v) is 6.75. The van der Waals surface area contributed by atoms with Gasteiger partial charge in [0, 0.05) is 30.8 Å². The number of carboxylic acids is 1. The van der Waals surface area contributed by atoms with Crippen molar-refractivity contribution in [2.45, 2.75) is 12.6 Å². The Hall–Kier alpha value is -2.41. The summed E-state index contributed by atoms with van der Waals surface area (Å²) in [6.45, 7) is -0.138. The maximum absolute atomic E-state index is 12.7. The fourth-order valence-corrected chi connectivity index (χ4v) is 2.20. The van der Waals surface area contributed by atoms with E-state index in [1.807, 2.05) is 16.7 Å². The number of carbonyl (C=O) groups excluding carboxylic acids is 1. The van der Waals surface area contributed by atoms with Crippen LogP contribution in [0.25, 0.3) is 10.9 Å². The Kier molecular flexibility index (Phi) is 5.11. The first-order chi connectivity index (χ1) is 10.6. The lowest BCUT2D eigenvalue weighted by Crippen LogP contribution is -2.42. The SMILES string of the molecule is COCCn1cc(C(=O)NC(CF)C(=O)O)c2ccccc21. The van der Waals surface area contributed by atoms with Crippen LogP contribution in [-0.2, 0) is 16.1 Å². The molecule has 1 atom stereocenters. The van der Waals surface area contributed by atoms with E-state index in [-0.39, 0.29) is 0 Å². The second kappa shape index (κ2) is 7.04. The summed E-state index contributed by atoms with van der Waals surface area (Å²) in [4.78, 5) is 23.1. The van der Waals surface area contributed by atoms with E-state index in [2.05, 4.69) is 5.32 Å². The molecule has 0 saturated carbocycles. The molecule has 0 radical (unpaired) electrons. The van der Waals surface area contributed by atoms with E-state index in [9.17, 15) is 14.0 Å². The fraction of sp³-hybridized carbons (Fsp3) is 0.333. The molecule has 6 nitrogen and oxygen atoms in total. The Balaban J connectivity index is 2.34. The smallest absolute Gasteiger partial charge is 0.328 e. The summed E-state index contributed by atoms with van der Waals surface area (Å²) in [6.07, 6.45) is 1.62. The number of amides is 1. The molecule has 1 heterocycles. The molecule has 118 valence electrons. The lowest BCUT2D eigenvalue weighted by atomic mass is 10.1. The van der Waals surface area contributed by atoms with Crippen molar-refractivity contribution >= 4 is 22.8 Å². The van der Waals surface area contributed by atoms with Crippen molar-refractivity contribution < 1.29 is 23.8 Å². The fourth-order valence-electron chi connectivity index (χ4n) is 2.20. The van der Waals surface area contributed by atoms with E-state index in [1.54, 1.807) is 25.4 Å². The molecule has 1 aromatic heterocycles. The van der Waals surface area contributed by atoms with Crippen molar-refractivity contribution in [3.8, 4) is 0 Å². The third-order valence-corrected chi connectivity index (χ3v) is 3.33. The average molecular weight is 308 g/mol. The first kappa shape index (κ1) is 16.0. The minimum absolute atomic E-state index is 0.311. The Morgan fingerprint density at radius 1 is 1.41 bits per heavy atom. The van der Waals surface area contributed by atoms with Gasteiger partial charge in [-0.3, -0.25) is 4.79 Å². The molecule has 7 heteroatoms. The van der Waals surface area contributed by atoms with Gasteiger partial charge in [-0.2, -0.15) is 0 Å². The van der Waals surface area contributed by atoms with Crippen molar-refractivity contribution in [1.29, 1.82) is 0 Å². The quantitative estimate of drug-likeness (QED) is 0.811. The molecule has 2 rings (SSSR count). The van der Waals surface area contributed by atoms with Crippen LogP contribution in [0.4, 0.5) is 4.39 Å². The lowest BCUT2D eigenvalue weighted by molar-refractivity contribution is -0.139. The lowest BCUT2D eigenvalue weighted by Gasteiger charge is -2.09. The number of aromatic nitrogens is 1. The van der Waals surface area contributed by atoms with Crippen LogP contribution >= 0.6 is 0 Å². The van der Waals surface area contributed by atoms with Crippen LogP contribution in [-0.4, -0.2) is 48.0 Å². The minimum atomic E-state index is -1.55. The largest absolute Gasteiger partial charge is 0.480 e. The molecule has 1 amide bonds. The zero-order valence-corrected chi connectivity index (χ0v) is 12.1. The van der Waals surface area contributed by atoms with Crippen LogP contribution in [0, 0.1) is 0 Å². The number of carboxylic acid groups (broad SMARTS) is 1. The molecule has 0 bridgehead atoms. The molecule has 2 aromatic rings. The van der Waals surface area contributed by atoms with Crippen molar-refractivity contribution in [3.05, 3.63) is 36.0 Å². The monoisotopic (exact) mass is 308 g/mol. The number of para-hydroxylation sites is 1. The van der Waals surface area contributed by atoms with Crippen LogP contribution < -0.4 is 5.32 Å². The number of rotatable bonds is 7. The summed E-state index contributed by atoms with van der Waals surface area (Å²) in [5.74, 6) is -2.02. The van der Waals surface area contributed by atoms with Crippen LogP contribution in [0.1, 0.15) is 10.4 Å². The van der Waals surface area contributed by atoms with Crippen LogP contribution in [0.2, 0.25) is 0 Å². The summed E-state index contributed by atoms with van der Waals surface area (Å²) in [5, 5.41) is 11.7. The Bertz CT molecular complexity index is 683. The van der Waals surface area contributed by atoms with Crippen molar-refractivity contribution in [2.75, 3.05) is 20.4 Å². The normalized spacial score (nSPS) is 12.3. The first-order valence-electron chi connectivity index (χ1n) is 6.75. The molecule has 22 heavy (non-hydrogen) atoms. The van der Waals surface area contributed by atoms with Crippen LogP contribution in [0.5, 0.6) is 0 Å². The van der Waals surface area contributed by atoms with Crippen molar-refractivity contribution in [2.24, 2.45) is 0 Å². The maximum Gasteiger partial charge on any atom is 0.328 e. The van der Waals surface area contributed by atoms with Gasteiger partial charge in [-0.25, -0.2) is 9.18 Å². The number of fused-ring (bicyclic) bond motifs is 1. The van der Waals surface area contributed by atoms with Gasteiger partial charge in [-0.1, -0.05) is 18.2 Å². The highest BCUT2D eigenvalue weighted by atomic mass is 19.1. The zero-order chi connectivity index (χ0) is 16.1. The van der Waals surface area contributed by atoms with Crippen LogP contribution in [0.15, 0.2) is 30.5 Å². The van der Waals surface area contributed by atoms with E-state index < -0.39 is 24.6 Å². The van der Waals surface area contributed by atoms with E-state index in [4.69, 9.17) is 9.84 Å². The number of ether oxygens (including phenoxy) is 1. The zero-order valence-electron chi connectivity index (χ0n) is 12.1. The molecule has 0 aliphatic heterocycles. The number of benzene rings is 1. The average Bonchev–Trinajstić information content (AvgIpc) is 2.89. The summed E-state index contributed by atoms with van der Waals surface area (Å²) in [6, 6.07) is 5.69. The molecule has 0 aliphatic carbocycles. The van der Waals surface area contributed by atoms with Gasteiger partial charge in [0.15, 0.2) is 6.04 Å². The number of halogens is 1. The molecular formula is C15H17FN2O4. The van der Waals surface area contributed by atoms with Crippen LogP contribution in [0.3, 0.4) is 0 Å². The second-order valence-corrected chi connectivity index (χ2v) is 4.76. The molecule has 1 aromatic carbocycles. The highest BCUT2D eigenvalue weighted by Gasteiger charge is 2.22. The van der Waals surface area contributed by atoms with E-state index in [0.717, 1.165) is 5.52 Å². The van der Waals surface area contributed by atoms with Gasteiger partial charge in [0.25, 0.3) is 5.91 Å². The number of methoxy groups -OCH3 is 1. The Morgan fingerprint density at radius 2 is 2.14 bits per heavy atom. The summed E-state index contributed by atoms with van der Waals surface area (Å²) in [7, 11) is 1.58. The number of carbonyl (C=O) groups is 2. The topological polar surface area (TPSA) is 80.6 Å². The number of aliphatic carboxylic acids is 1. The molecule has 0 aliphatic rings. The van der Waals surface area contributed by atoms with Gasteiger partial charge < -0.3 is 19.7 Å². The van der Waals surface area contributed by atoms with Gasteiger partial charge in [-0.15, -0.1) is 0 Å². The number of alkyl halides is 1. The standard InChI is InChI=1S/C15H17FN2O4/c1-22-7-6-18-9-11(10-4-2-3-5-13(10)18)14(19)17-12(8-16)15(20)21/h2-5,9,12H,6-8H2,1H3,(H,17,19)(H,20,21). The van der Waals surface area contributed by atoms with Gasteiger partial charge in [-0.05, 0) is 6.07 Å². The Labute approximate surface area is 126 Å². The number of hydrogen-bond acceptors (Lipinski definition) is 3. The maximum atomic E-state index is 12.7. The molecule has 1 unspecified atom stereocenters. The third-order valence-electron chi connectivity index (χ3n) is 3.33. The Morgan fingerprint density at radius 3 is 2.77 bits per heavy atom. The summed E-state index contributed by atoms with van der Waals surface area (Å²) in [5.41, 5.74) is 1.14. The van der Waals surface area contributed by atoms with Crippen molar-refractivity contribution in [1.82, 2.24) is 9.88 Å². The van der Waals surface area contributed by atoms with Gasteiger partial charge in [0.1, 0.15) is 6.67 Å². The van der Waals surface area contributed by atoms with Gasteiger partial charge in [0.2, 0.25) is 0 Å². The van der Waals surface area contributed by atoms with E-state index >= 15 is 0 Å². The molecule has 2 N–H and O–H groups in total. The van der Waals surface area contributed by atoms with E-state index in [1.165, 1.54) is 0 Å². The highest BCUT2D eigenvalue weighted by molar-refractivity contribution is 6.07. The third kappa shape index (κ3) is 3.25. The predicted molar refractivity (Wildman–Crippen MR) is 78.7 cm³/mol. The summed E-state index contributed by atoms with van der Waals surface area (Å²) < 4.78 is 19.5.